The van der Waals surface area contributed by atoms with Gasteiger partial charge in [-0.2, -0.15) is 0 Å². The molecule has 0 aromatic carbocycles. The van der Waals surface area contributed by atoms with E-state index in [1.54, 1.807) is 0 Å². The van der Waals surface area contributed by atoms with Crippen LogP contribution in [0, 0.1) is 0 Å². The molecule has 1 heterocycles. The van der Waals surface area contributed by atoms with Gasteiger partial charge in [0.05, 0.1) is 25.4 Å². The van der Waals surface area contributed by atoms with Crippen LogP contribution in [0.25, 0.3) is 0 Å². The summed E-state index contributed by atoms with van der Waals surface area (Å²) in [5, 5.41) is 27.0. The molecule has 0 spiro atoms. The lowest BCUT2D eigenvalue weighted by Gasteiger charge is -2.34. The minimum atomic E-state index is -1.08. The zero-order valence-electron chi connectivity index (χ0n) is 6.05. The van der Waals surface area contributed by atoms with Gasteiger partial charge < -0.3 is 25.8 Å². The molecule has 1 saturated heterocycles. The highest BCUT2D eigenvalue weighted by Crippen LogP contribution is 2.13. The van der Waals surface area contributed by atoms with E-state index in [0.29, 0.717) is 0 Å². The van der Waals surface area contributed by atoms with Crippen LogP contribution in [0.15, 0.2) is 0 Å². The van der Waals surface area contributed by atoms with Gasteiger partial charge in [0.2, 0.25) is 0 Å². The van der Waals surface area contributed by atoms with Crippen molar-refractivity contribution in [1.82, 2.24) is 0 Å². The van der Waals surface area contributed by atoms with Crippen LogP contribution in [0.3, 0.4) is 0 Å². The molecule has 1 rings (SSSR count). The first-order valence-electron chi connectivity index (χ1n) is 3.51. The van der Waals surface area contributed by atoms with Crippen molar-refractivity contribution in [2.75, 3.05) is 13.2 Å². The predicted molar refractivity (Wildman–Crippen MR) is 36.8 cm³/mol. The number of rotatable bonds is 1. The molecule has 0 aromatic rings. The summed E-state index contributed by atoms with van der Waals surface area (Å²) in [6.45, 7) is -0.131. The Morgan fingerprint density at radius 1 is 1.36 bits per heavy atom. The van der Waals surface area contributed by atoms with Crippen molar-refractivity contribution in [2.24, 2.45) is 5.73 Å². The van der Waals surface area contributed by atoms with Crippen molar-refractivity contribution in [1.29, 1.82) is 0 Å². The zero-order chi connectivity index (χ0) is 8.43. The molecule has 5 N–H and O–H groups in total. The molecule has 4 unspecified atom stereocenters. The first kappa shape index (κ1) is 8.89. The molecule has 0 aliphatic carbocycles. The number of nitrogens with two attached hydrogens (primary N) is 1. The number of hydrogen-bond donors (Lipinski definition) is 4. The highest BCUT2D eigenvalue weighted by Gasteiger charge is 2.35. The van der Waals surface area contributed by atoms with Crippen LogP contribution in [0.1, 0.15) is 0 Å². The van der Waals surface area contributed by atoms with Crippen molar-refractivity contribution in [3.8, 4) is 0 Å². The normalized spacial score (nSPS) is 45.8. The largest absolute Gasteiger partial charge is 0.394 e. The Hall–Kier alpha value is -0.200. The summed E-state index contributed by atoms with van der Waals surface area (Å²) in [7, 11) is 0. The fourth-order valence-corrected chi connectivity index (χ4v) is 1.07. The van der Waals surface area contributed by atoms with Crippen molar-refractivity contribution in [3.63, 3.8) is 0 Å². The Morgan fingerprint density at radius 2 is 2.00 bits per heavy atom. The Bertz CT molecular complexity index is 130. The van der Waals surface area contributed by atoms with Gasteiger partial charge >= 0.3 is 0 Å². The van der Waals surface area contributed by atoms with Gasteiger partial charge in [0.15, 0.2) is 0 Å². The Labute approximate surface area is 64.4 Å². The van der Waals surface area contributed by atoms with E-state index in [1.807, 2.05) is 0 Å². The summed E-state index contributed by atoms with van der Waals surface area (Å²) in [5.74, 6) is 0. The van der Waals surface area contributed by atoms with Crippen LogP contribution in [0.5, 0.6) is 0 Å². The number of aliphatic hydroxyl groups is 3. The minimum Gasteiger partial charge on any atom is -0.394 e. The van der Waals surface area contributed by atoms with Crippen LogP contribution in [-0.4, -0.2) is 52.9 Å². The Balaban J connectivity index is 2.52. The lowest BCUT2D eigenvalue weighted by atomic mass is 9.99. The molecule has 1 fully saturated rings. The second-order valence-electron chi connectivity index (χ2n) is 2.70. The molecule has 0 saturated carbocycles. The van der Waals surface area contributed by atoms with Gasteiger partial charge in [0.25, 0.3) is 0 Å². The second-order valence-corrected chi connectivity index (χ2v) is 2.70. The molecule has 11 heavy (non-hydrogen) atoms. The smallest absolute Gasteiger partial charge is 0.110 e. The van der Waals surface area contributed by atoms with Crippen LogP contribution in [-0.2, 0) is 4.74 Å². The van der Waals surface area contributed by atoms with Gasteiger partial charge in [0.1, 0.15) is 12.2 Å². The summed E-state index contributed by atoms with van der Waals surface area (Å²) in [6, 6.07) is -0.562. The monoisotopic (exact) mass is 163 g/mol. The highest BCUT2D eigenvalue weighted by atomic mass is 16.5. The summed E-state index contributed by atoms with van der Waals surface area (Å²) in [4.78, 5) is 0. The third kappa shape index (κ3) is 1.69. The molecule has 0 amide bonds. The summed E-state index contributed by atoms with van der Waals surface area (Å²) in [5.41, 5.74) is 5.37. The average molecular weight is 163 g/mol. The van der Waals surface area contributed by atoms with Gasteiger partial charge in [0, 0.05) is 0 Å². The van der Waals surface area contributed by atoms with Crippen molar-refractivity contribution in [3.05, 3.63) is 0 Å². The lowest BCUT2D eigenvalue weighted by Crippen LogP contribution is -2.57. The fourth-order valence-electron chi connectivity index (χ4n) is 1.07. The maximum atomic E-state index is 9.19. The van der Waals surface area contributed by atoms with Crippen molar-refractivity contribution >= 4 is 0 Å². The molecule has 0 bridgehead atoms. The first-order valence-corrected chi connectivity index (χ1v) is 3.51. The van der Waals surface area contributed by atoms with Crippen molar-refractivity contribution in [2.45, 2.75) is 24.4 Å². The molecule has 0 aromatic heterocycles. The highest BCUT2D eigenvalue weighted by molar-refractivity contribution is 4.88. The first-order chi connectivity index (χ1) is 5.16. The van der Waals surface area contributed by atoms with E-state index >= 15 is 0 Å². The van der Waals surface area contributed by atoms with Gasteiger partial charge in [-0.1, -0.05) is 0 Å². The fraction of sp³-hybridized carbons (Fsp3) is 1.00. The summed E-state index contributed by atoms with van der Waals surface area (Å²) in [6.07, 6.45) is -2.78. The lowest BCUT2D eigenvalue weighted by molar-refractivity contribution is -0.156. The van der Waals surface area contributed by atoms with E-state index in [-0.39, 0.29) is 13.2 Å². The zero-order valence-corrected chi connectivity index (χ0v) is 6.05. The van der Waals surface area contributed by atoms with Gasteiger partial charge in [-0.25, -0.2) is 0 Å². The molecule has 66 valence electrons. The maximum Gasteiger partial charge on any atom is 0.110 e. The molecule has 1 aliphatic heterocycles. The number of ether oxygens (including phenoxy) is 1. The van der Waals surface area contributed by atoms with Crippen LogP contribution in [0.4, 0.5) is 0 Å². The van der Waals surface area contributed by atoms with Crippen LogP contribution < -0.4 is 5.73 Å². The standard InChI is InChI=1S/C6H13NO4/c7-3-2-11-4(1-8)6(10)5(3)9/h3-6,8-10H,1-2,7H2. The van der Waals surface area contributed by atoms with E-state index < -0.39 is 24.4 Å². The molecule has 5 nitrogen and oxygen atoms in total. The van der Waals surface area contributed by atoms with Gasteiger partial charge in [-0.3, -0.25) is 0 Å². The number of aliphatic hydroxyl groups excluding tert-OH is 3. The predicted octanol–water partition coefficient (Wildman–Crippen LogP) is -2.57. The van der Waals surface area contributed by atoms with Gasteiger partial charge in [-0.15, -0.1) is 0 Å². The topological polar surface area (TPSA) is 95.9 Å². The SMILES string of the molecule is NC1COC(CO)C(O)C1O. The van der Waals surface area contributed by atoms with E-state index in [1.165, 1.54) is 0 Å². The van der Waals surface area contributed by atoms with E-state index in [0.717, 1.165) is 0 Å². The summed E-state index contributed by atoms with van der Waals surface area (Å²) < 4.78 is 4.94. The maximum absolute atomic E-state index is 9.19. The quantitative estimate of drug-likeness (QED) is 0.340. The van der Waals surface area contributed by atoms with E-state index in [9.17, 15) is 10.2 Å². The van der Waals surface area contributed by atoms with Gasteiger partial charge in [-0.05, 0) is 0 Å². The van der Waals surface area contributed by atoms with E-state index in [4.69, 9.17) is 15.6 Å². The molecule has 1 aliphatic rings. The number of hydrogen-bond acceptors (Lipinski definition) is 5. The minimum absolute atomic E-state index is 0.170. The van der Waals surface area contributed by atoms with Crippen LogP contribution >= 0.6 is 0 Å². The Kier molecular flexibility index (Phi) is 2.80. The molecule has 4 atom stereocenters. The van der Waals surface area contributed by atoms with E-state index in [2.05, 4.69) is 0 Å². The average Bonchev–Trinajstić information content (AvgIpc) is 2.01. The summed E-state index contributed by atoms with van der Waals surface area (Å²) >= 11 is 0. The van der Waals surface area contributed by atoms with Crippen molar-refractivity contribution < 1.29 is 20.1 Å². The second kappa shape index (κ2) is 3.46. The third-order valence-corrected chi connectivity index (χ3v) is 1.85. The Morgan fingerprint density at radius 3 is 2.55 bits per heavy atom. The third-order valence-electron chi connectivity index (χ3n) is 1.85. The molecule has 5 heteroatoms. The molecular weight excluding hydrogens is 150 g/mol. The molecule has 0 radical (unpaired) electrons. The van der Waals surface area contributed by atoms with Crippen LogP contribution in [0.2, 0.25) is 0 Å². The molecular formula is C6H13NO4.